The number of piperazine rings is 1. The Kier molecular flexibility index (Phi) is 3.54. The number of fused-ring (bicyclic) bond motifs is 1. The van der Waals surface area contributed by atoms with Crippen LogP contribution >= 0.6 is 11.3 Å². The van der Waals surface area contributed by atoms with Crippen molar-refractivity contribution >= 4 is 23.2 Å². The van der Waals surface area contributed by atoms with Crippen LogP contribution in [0.3, 0.4) is 0 Å². The van der Waals surface area contributed by atoms with Crippen molar-refractivity contribution in [2.24, 2.45) is 0 Å². The van der Waals surface area contributed by atoms with Crippen molar-refractivity contribution < 1.29 is 9.59 Å². The summed E-state index contributed by atoms with van der Waals surface area (Å²) >= 11 is 1.64. The van der Waals surface area contributed by atoms with Gasteiger partial charge >= 0.3 is 0 Å². The molecule has 3 rings (SSSR count). The molecule has 0 aliphatic carbocycles. The molecule has 3 atom stereocenters. The monoisotopic (exact) mass is 292 g/mol. The summed E-state index contributed by atoms with van der Waals surface area (Å²) in [4.78, 5) is 30.0. The molecule has 4 nitrogen and oxygen atoms in total. The molecule has 3 heterocycles. The van der Waals surface area contributed by atoms with Crippen LogP contribution < -0.4 is 0 Å². The molecule has 20 heavy (non-hydrogen) atoms. The predicted octanol–water partition coefficient (Wildman–Crippen LogP) is 2.42. The third-order valence-electron chi connectivity index (χ3n) is 4.47. The maximum atomic E-state index is 12.8. The van der Waals surface area contributed by atoms with Gasteiger partial charge in [-0.2, -0.15) is 0 Å². The van der Waals surface area contributed by atoms with Crippen molar-refractivity contribution in [3.8, 4) is 0 Å². The Bertz CT molecular complexity index is 514. The van der Waals surface area contributed by atoms with Crippen molar-refractivity contribution in [1.82, 2.24) is 9.80 Å². The lowest BCUT2D eigenvalue weighted by molar-refractivity contribution is -0.165. The molecule has 0 aromatic carbocycles. The molecule has 0 spiro atoms. The first kappa shape index (κ1) is 13.6. The molecule has 5 heteroatoms. The van der Waals surface area contributed by atoms with Crippen LogP contribution in [0.1, 0.15) is 44.0 Å². The SMILES string of the molecule is CC1C(=O)N2CCCCC2C(=O)N1C(C)c1cccs1. The molecule has 2 aliphatic heterocycles. The molecule has 2 fully saturated rings. The maximum Gasteiger partial charge on any atom is 0.246 e. The number of nitrogens with zero attached hydrogens (tertiary/aromatic N) is 2. The highest BCUT2D eigenvalue weighted by molar-refractivity contribution is 7.10. The van der Waals surface area contributed by atoms with Gasteiger partial charge < -0.3 is 9.80 Å². The standard InChI is InChI=1S/C15H20N2O2S/c1-10(13-7-5-9-20-13)17-11(2)14(18)16-8-4-3-6-12(16)15(17)19/h5,7,9-12H,3-4,6,8H2,1-2H3. The Hall–Kier alpha value is -1.36. The van der Waals surface area contributed by atoms with E-state index in [1.165, 1.54) is 0 Å². The molecule has 2 saturated heterocycles. The van der Waals surface area contributed by atoms with E-state index >= 15 is 0 Å². The quantitative estimate of drug-likeness (QED) is 0.840. The van der Waals surface area contributed by atoms with Gasteiger partial charge in [-0.3, -0.25) is 9.59 Å². The summed E-state index contributed by atoms with van der Waals surface area (Å²) in [6.45, 7) is 4.61. The van der Waals surface area contributed by atoms with E-state index in [1.54, 1.807) is 21.1 Å². The molecule has 0 radical (unpaired) electrons. The number of amides is 2. The Balaban J connectivity index is 1.90. The Morgan fingerprint density at radius 1 is 1.30 bits per heavy atom. The largest absolute Gasteiger partial charge is 0.329 e. The van der Waals surface area contributed by atoms with Crippen LogP contribution in [0.4, 0.5) is 0 Å². The smallest absolute Gasteiger partial charge is 0.246 e. The van der Waals surface area contributed by atoms with Crippen molar-refractivity contribution in [2.45, 2.75) is 51.2 Å². The summed E-state index contributed by atoms with van der Waals surface area (Å²) in [6.07, 6.45) is 2.86. The van der Waals surface area contributed by atoms with Gasteiger partial charge in [-0.25, -0.2) is 0 Å². The van der Waals surface area contributed by atoms with Gasteiger partial charge in [0.05, 0.1) is 6.04 Å². The van der Waals surface area contributed by atoms with E-state index in [-0.39, 0.29) is 29.9 Å². The van der Waals surface area contributed by atoms with Gasteiger partial charge in [0.2, 0.25) is 11.8 Å². The fourth-order valence-electron chi connectivity index (χ4n) is 3.37. The van der Waals surface area contributed by atoms with Gasteiger partial charge in [-0.15, -0.1) is 11.3 Å². The first-order valence-electron chi connectivity index (χ1n) is 7.27. The molecular weight excluding hydrogens is 272 g/mol. The zero-order valence-corrected chi connectivity index (χ0v) is 12.7. The third-order valence-corrected chi connectivity index (χ3v) is 5.51. The van der Waals surface area contributed by atoms with Crippen molar-refractivity contribution in [3.63, 3.8) is 0 Å². The minimum absolute atomic E-state index is 0.0227. The van der Waals surface area contributed by atoms with Crippen molar-refractivity contribution in [1.29, 1.82) is 0 Å². The minimum Gasteiger partial charge on any atom is -0.329 e. The number of carbonyl (C=O) groups excluding carboxylic acids is 2. The molecule has 0 bridgehead atoms. The Morgan fingerprint density at radius 2 is 2.10 bits per heavy atom. The van der Waals surface area contributed by atoms with Gasteiger partial charge in [0.1, 0.15) is 12.1 Å². The molecule has 1 aromatic rings. The number of carbonyl (C=O) groups is 2. The van der Waals surface area contributed by atoms with Gasteiger partial charge in [-0.1, -0.05) is 6.07 Å². The first-order chi connectivity index (χ1) is 9.61. The number of hydrogen-bond acceptors (Lipinski definition) is 3. The first-order valence-corrected chi connectivity index (χ1v) is 8.15. The molecule has 108 valence electrons. The van der Waals surface area contributed by atoms with Crippen molar-refractivity contribution in [2.75, 3.05) is 6.54 Å². The molecule has 1 aromatic heterocycles. The van der Waals surface area contributed by atoms with Gasteiger partial charge in [0.15, 0.2) is 0 Å². The maximum absolute atomic E-state index is 12.8. The topological polar surface area (TPSA) is 40.6 Å². The number of rotatable bonds is 2. The average molecular weight is 292 g/mol. The lowest BCUT2D eigenvalue weighted by atomic mass is 9.94. The Labute approximate surface area is 123 Å². The molecule has 0 N–H and O–H groups in total. The van der Waals surface area contributed by atoms with E-state index < -0.39 is 0 Å². The normalized spacial score (nSPS) is 28.5. The third kappa shape index (κ3) is 2.04. The van der Waals surface area contributed by atoms with E-state index in [1.807, 2.05) is 31.4 Å². The summed E-state index contributed by atoms with van der Waals surface area (Å²) in [5, 5.41) is 2.01. The summed E-state index contributed by atoms with van der Waals surface area (Å²) in [5.41, 5.74) is 0. The second kappa shape index (κ2) is 5.20. The molecular formula is C15H20N2O2S. The van der Waals surface area contributed by atoms with E-state index in [0.717, 1.165) is 30.7 Å². The summed E-state index contributed by atoms with van der Waals surface area (Å²) in [7, 11) is 0. The predicted molar refractivity (Wildman–Crippen MR) is 78.4 cm³/mol. The highest BCUT2D eigenvalue weighted by atomic mass is 32.1. The summed E-state index contributed by atoms with van der Waals surface area (Å²) < 4.78 is 0. The minimum atomic E-state index is -0.353. The fourth-order valence-corrected chi connectivity index (χ4v) is 4.15. The van der Waals surface area contributed by atoms with E-state index in [4.69, 9.17) is 0 Å². The van der Waals surface area contributed by atoms with E-state index in [0.29, 0.717) is 0 Å². The molecule has 2 aliphatic rings. The van der Waals surface area contributed by atoms with Crippen LogP contribution in [0.5, 0.6) is 0 Å². The number of piperidine rings is 1. The van der Waals surface area contributed by atoms with Gasteiger partial charge in [0, 0.05) is 11.4 Å². The van der Waals surface area contributed by atoms with E-state index in [2.05, 4.69) is 0 Å². The highest BCUT2D eigenvalue weighted by Gasteiger charge is 2.46. The van der Waals surface area contributed by atoms with Crippen LogP contribution in [0.2, 0.25) is 0 Å². The van der Waals surface area contributed by atoms with Crippen molar-refractivity contribution in [3.05, 3.63) is 22.4 Å². The van der Waals surface area contributed by atoms with Crippen LogP contribution in [0.15, 0.2) is 17.5 Å². The lowest BCUT2D eigenvalue weighted by Gasteiger charge is -2.47. The number of hydrogen-bond donors (Lipinski definition) is 0. The number of thiophene rings is 1. The van der Waals surface area contributed by atoms with Crippen LogP contribution in [0.25, 0.3) is 0 Å². The zero-order valence-electron chi connectivity index (χ0n) is 11.9. The second-order valence-corrected chi connectivity index (χ2v) is 6.64. The molecule has 0 saturated carbocycles. The van der Waals surface area contributed by atoms with Gasteiger partial charge in [-0.05, 0) is 44.6 Å². The summed E-state index contributed by atoms with van der Waals surface area (Å²) in [6, 6.07) is 3.42. The lowest BCUT2D eigenvalue weighted by Crippen LogP contribution is -2.65. The Morgan fingerprint density at radius 3 is 2.80 bits per heavy atom. The molecule has 3 unspecified atom stereocenters. The van der Waals surface area contributed by atoms with E-state index in [9.17, 15) is 9.59 Å². The highest BCUT2D eigenvalue weighted by Crippen LogP contribution is 2.33. The summed E-state index contributed by atoms with van der Waals surface area (Å²) in [5.74, 6) is 0.232. The fraction of sp³-hybridized carbons (Fsp3) is 0.600. The van der Waals surface area contributed by atoms with Crippen LogP contribution in [-0.4, -0.2) is 40.2 Å². The average Bonchev–Trinajstić information content (AvgIpc) is 2.99. The molecule has 2 amide bonds. The van der Waals surface area contributed by atoms with Crippen LogP contribution in [-0.2, 0) is 9.59 Å². The van der Waals surface area contributed by atoms with Gasteiger partial charge in [0.25, 0.3) is 0 Å². The van der Waals surface area contributed by atoms with Crippen LogP contribution in [0, 0.1) is 0 Å². The second-order valence-electron chi connectivity index (χ2n) is 5.66. The zero-order chi connectivity index (χ0) is 14.3.